The fourth-order valence-corrected chi connectivity index (χ4v) is 4.36. The Bertz CT molecular complexity index is 820. The van der Waals surface area contributed by atoms with Gasteiger partial charge in [0.15, 0.2) is 0 Å². The van der Waals surface area contributed by atoms with Gasteiger partial charge in [-0.1, -0.05) is 29.6 Å². The molecule has 1 saturated carbocycles. The number of anilines is 1. The molecule has 0 aliphatic heterocycles. The maximum absolute atomic E-state index is 12.4. The molecule has 7 heteroatoms. The number of carbonyl (C=O) groups excluding carboxylic acids is 1. The number of benzene rings is 1. The topological polar surface area (TPSA) is 73.3 Å². The molecule has 1 N–H and O–H groups in total. The molecule has 0 saturated heterocycles. The lowest BCUT2D eigenvalue weighted by Crippen LogP contribution is -2.25. The second kappa shape index (κ2) is 7.45. The van der Waals surface area contributed by atoms with Gasteiger partial charge in [0.25, 0.3) is 0 Å². The number of fused-ring (bicyclic) bond motifs is 2. The minimum Gasteiger partial charge on any atom is -0.497 e. The van der Waals surface area contributed by atoms with Crippen LogP contribution in [0.1, 0.15) is 17.8 Å². The predicted octanol–water partition coefficient (Wildman–Crippen LogP) is 3.32. The van der Waals surface area contributed by atoms with Gasteiger partial charge in [-0.25, -0.2) is 0 Å². The molecule has 6 nitrogen and oxygen atoms in total. The Morgan fingerprint density at radius 3 is 2.92 bits per heavy atom. The number of aromatic nitrogens is 2. The van der Waals surface area contributed by atoms with Crippen LogP contribution < -0.4 is 14.8 Å². The van der Waals surface area contributed by atoms with E-state index in [-0.39, 0.29) is 11.8 Å². The number of ether oxygens (including phenoxy) is 2. The predicted molar refractivity (Wildman–Crippen MR) is 99.6 cm³/mol. The smallest absolute Gasteiger partial charge is 0.229 e. The van der Waals surface area contributed by atoms with Crippen molar-refractivity contribution in [1.29, 1.82) is 0 Å². The van der Waals surface area contributed by atoms with E-state index >= 15 is 0 Å². The average molecular weight is 371 g/mol. The van der Waals surface area contributed by atoms with Crippen LogP contribution in [0, 0.1) is 17.8 Å². The highest BCUT2D eigenvalue weighted by Gasteiger charge is 2.39. The van der Waals surface area contributed by atoms with Crippen LogP contribution in [-0.2, 0) is 11.2 Å². The number of methoxy groups -OCH3 is 1. The summed E-state index contributed by atoms with van der Waals surface area (Å²) in [5, 5.41) is 12.6. The lowest BCUT2D eigenvalue weighted by molar-refractivity contribution is -0.120. The number of hydrogen-bond acceptors (Lipinski definition) is 6. The standard InChI is InChI=1S/C19H21N3O3S/c1-24-14-3-2-4-15(11-14)25-8-7-17-21-22-19(26-17)20-18(23)16-10-12-5-6-13(16)9-12/h2-6,11-13,16H,7-10H2,1H3,(H,20,22,23)/t12-,13+,16-/m1/s1. The number of rotatable bonds is 7. The number of allylic oxidation sites excluding steroid dienone is 2. The Labute approximate surface area is 156 Å². The normalized spacial score (nSPS) is 23.2. The minimum absolute atomic E-state index is 0.0668. The number of nitrogens with one attached hydrogen (secondary N) is 1. The molecule has 0 radical (unpaired) electrons. The number of nitrogens with zero attached hydrogens (tertiary/aromatic N) is 2. The van der Waals surface area contributed by atoms with Gasteiger partial charge in [-0.05, 0) is 36.8 Å². The molecule has 0 spiro atoms. The summed E-state index contributed by atoms with van der Waals surface area (Å²) >= 11 is 1.41. The first-order chi connectivity index (χ1) is 12.7. The second-order valence-electron chi connectivity index (χ2n) is 6.65. The van der Waals surface area contributed by atoms with Gasteiger partial charge < -0.3 is 14.8 Å². The zero-order valence-electron chi connectivity index (χ0n) is 14.6. The zero-order valence-corrected chi connectivity index (χ0v) is 15.4. The highest BCUT2D eigenvalue weighted by Crippen LogP contribution is 2.43. The molecule has 136 valence electrons. The molecule has 4 rings (SSSR count). The minimum atomic E-state index is 0.0668. The molecule has 1 aromatic carbocycles. The number of carbonyl (C=O) groups is 1. The van der Waals surface area contributed by atoms with Gasteiger partial charge in [0.1, 0.15) is 16.5 Å². The highest BCUT2D eigenvalue weighted by molar-refractivity contribution is 7.15. The van der Waals surface area contributed by atoms with Crippen molar-refractivity contribution in [2.75, 3.05) is 19.0 Å². The molecule has 2 aromatic rings. The van der Waals surface area contributed by atoms with Crippen molar-refractivity contribution >= 4 is 22.4 Å². The van der Waals surface area contributed by atoms with Crippen molar-refractivity contribution < 1.29 is 14.3 Å². The summed E-state index contributed by atoms with van der Waals surface area (Å²) in [6, 6.07) is 7.49. The SMILES string of the molecule is COc1cccc(OCCc2nnc(NC(=O)[C@@H]3C[C@@H]4C=C[C@H]3C4)s2)c1. The van der Waals surface area contributed by atoms with Crippen molar-refractivity contribution in [2.45, 2.75) is 19.3 Å². The quantitative estimate of drug-likeness (QED) is 0.756. The maximum atomic E-state index is 12.4. The van der Waals surface area contributed by atoms with Gasteiger partial charge >= 0.3 is 0 Å². The molecule has 1 aromatic heterocycles. The summed E-state index contributed by atoms with van der Waals surface area (Å²) in [6.07, 6.45) is 7.12. The molecule has 0 unspecified atom stereocenters. The van der Waals surface area contributed by atoms with Gasteiger partial charge in [0.05, 0.1) is 13.7 Å². The van der Waals surface area contributed by atoms with E-state index in [1.807, 2.05) is 24.3 Å². The fraction of sp³-hybridized carbons (Fsp3) is 0.421. The lowest BCUT2D eigenvalue weighted by atomic mass is 9.93. The maximum Gasteiger partial charge on any atom is 0.229 e. The van der Waals surface area contributed by atoms with Gasteiger partial charge in [-0.2, -0.15) is 0 Å². The summed E-state index contributed by atoms with van der Waals surface area (Å²) in [5.41, 5.74) is 0. The Hall–Kier alpha value is -2.41. The first kappa shape index (κ1) is 17.0. The first-order valence-electron chi connectivity index (χ1n) is 8.79. The molecule has 2 bridgehead atoms. The van der Waals surface area contributed by atoms with Crippen molar-refractivity contribution in [1.82, 2.24) is 10.2 Å². The van der Waals surface area contributed by atoms with Gasteiger partial charge in [0, 0.05) is 18.4 Å². The lowest BCUT2D eigenvalue weighted by Gasteiger charge is -2.16. The van der Waals surface area contributed by atoms with Crippen molar-refractivity contribution in [3.63, 3.8) is 0 Å². The molecule has 1 heterocycles. The molecule has 3 atom stereocenters. The molecule has 1 amide bonds. The molecule has 26 heavy (non-hydrogen) atoms. The summed E-state index contributed by atoms with van der Waals surface area (Å²) in [5.74, 6) is 2.63. The largest absolute Gasteiger partial charge is 0.497 e. The second-order valence-corrected chi connectivity index (χ2v) is 7.72. The summed E-state index contributed by atoms with van der Waals surface area (Å²) < 4.78 is 10.9. The van der Waals surface area contributed by atoms with Gasteiger partial charge in [-0.3, -0.25) is 4.79 Å². The van der Waals surface area contributed by atoms with Crippen LogP contribution >= 0.6 is 11.3 Å². The molecule has 1 fully saturated rings. The van der Waals surface area contributed by atoms with E-state index in [2.05, 4.69) is 27.7 Å². The average Bonchev–Trinajstić information content (AvgIpc) is 3.39. The summed E-state index contributed by atoms with van der Waals surface area (Å²) in [7, 11) is 1.63. The van der Waals surface area contributed by atoms with E-state index in [1.165, 1.54) is 11.3 Å². The Morgan fingerprint density at radius 1 is 1.27 bits per heavy atom. The third kappa shape index (κ3) is 3.72. The van der Waals surface area contributed by atoms with Crippen LogP contribution in [0.25, 0.3) is 0 Å². The summed E-state index contributed by atoms with van der Waals surface area (Å²) in [4.78, 5) is 12.4. The third-order valence-electron chi connectivity index (χ3n) is 4.94. The van der Waals surface area contributed by atoms with Crippen LogP contribution in [0.5, 0.6) is 11.5 Å². The van der Waals surface area contributed by atoms with Crippen molar-refractivity contribution in [3.05, 3.63) is 41.4 Å². The van der Waals surface area contributed by atoms with E-state index in [0.29, 0.717) is 30.0 Å². The number of hydrogen-bond donors (Lipinski definition) is 1. The van der Waals surface area contributed by atoms with Crippen LogP contribution in [0.4, 0.5) is 5.13 Å². The van der Waals surface area contributed by atoms with Crippen LogP contribution in [0.15, 0.2) is 36.4 Å². The van der Waals surface area contributed by atoms with E-state index in [4.69, 9.17) is 9.47 Å². The van der Waals surface area contributed by atoms with Gasteiger partial charge in [0.2, 0.25) is 11.0 Å². The van der Waals surface area contributed by atoms with Crippen LogP contribution in [0.2, 0.25) is 0 Å². The van der Waals surface area contributed by atoms with Crippen molar-refractivity contribution in [2.24, 2.45) is 17.8 Å². The first-order valence-corrected chi connectivity index (χ1v) is 9.61. The molecular weight excluding hydrogens is 350 g/mol. The fourth-order valence-electron chi connectivity index (χ4n) is 3.63. The monoisotopic (exact) mass is 371 g/mol. The number of amides is 1. The Balaban J connectivity index is 1.26. The van der Waals surface area contributed by atoms with E-state index in [9.17, 15) is 4.79 Å². The molecule has 2 aliphatic rings. The highest BCUT2D eigenvalue weighted by atomic mass is 32.1. The summed E-state index contributed by atoms with van der Waals surface area (Å²) in [6.45, 7) is 0.493. The van der Waals surface area contributed by atoms with Crippen LogP contribution in [-0.4, -0.2) is 29.8 Å². The van der Waals surface area contributed by atoms with Gasteiger partial charge in [-0.15, -0.1) is 10.2 Å². The van der Waals surface area contributed by atoms with E-state index in [1.54, 1.807) is 7.11 Å². The van der Waals surface area contributed by atoms with E-state index in [0.717, 1.165) is 29.3 Å². The van der Waals surface area contributed by atoms with E-state index < -0.39 is 0 Å². The van der Waals surface area contributed by atoms with Crippen molar-refractivity contribution in [3.8, 4) is 11.5 Å². The molecule has 2 aliphatic carbocycles. The zero-order chi connectivity index (χ0) is 17.9. The third-order valence-corrected chi connectivity index (χ3v) is 5.84. The Morgan fingerprint density at radius 2 is 2.15 bits per heavy atom. The van der Waals surface area contributed by atoms with Crippen LogP contribution in [0.3, 0.4) is 0 Å². The molecular formula is C19H21N3O3S. The Kier molecular flexibility index (Phi) is 4.88.